The number of aromatic amines is 1. The van der Waals surface area contributed by atoms with Crippen LogP contribution in [0.3, 0.4) is 0 Å². The number of hydrogen-bond acceptors (Lipinski definition) is 13. The Labute approximate surface area is 421 Å². The third kappa shape index (κ3) is 41.7. The van der Waals surface area contributed by atoms with Crippen LogP contribution >= 0.6 is 0 Å². The Morgan fingerprint density at radius 2 is 0.901 bits per heavy atom. The molecule has 0 aliphatic heterocycles. The van der Waals surface area contributed by atoms with Crippen molar-refractivity contribution in [3.63, 3.8) is 0 Å². The zero-order chi connectivity index (χ0) is 52.0. The van der Waals surface area contributed by atoms with Gasteiger partial charge in [0.15, 0.2) is 5.78 Å². The number of H-pyrrole nitrogens is 1. The summed E-state index contributed by atoms with van der Waals surface area (Å²) in [5.41, 5.74) is 0.831. The minimum absolute atomic E-state index is 0.00649. The summed E-state index contributed by atoms with van der Waals surface area (Å²) >= 11 is 0. The molecule has 19 nitrogen and oxygen atoms in total. The Morgan fingerprint density at radius 3 is 1.41 bits per heavy atom. The number of carbonyl (C=O) groups excluding carboxylic acids is 5. The summed E-state index contributed by atoms with van der Waals surface area (Å²) in [6.07, 6.45) is 25.1. The first kappa shape index (κ1) is 64.4. The van der Waals surface area contributed by atoms with Crippen LogP contribution in [-0.4, -0.2) is 138 Å². The number of imidazole rings is 1. The number of hydrogen-bond donors (Lipinski definition) is 6. The van der Waals surface area contributed by atoms with Gasteiger partial charge in [-0.1, -0.05) is 103 Å². The van der Waals surface area contributed by atoms with Gasteiger partial charge in [0.1, 0.15) is 24.8 Å². The van der Waals surface area contributed by atoms with Gasteiger partial charge in [-0.15, -0.1) is 0 Å². The first-order valence-electron chi connectivity index (χ1n) is 26.4. The normalized spacial score (nSPS) is 12.1. The maximum Gasteiger partial charge on any atom is 0.306 e. The van der Waals surface area contributed by atoms with Crippen molar-refractivity contribution in [1.29, 1.82) is 0 Å². The van der Waals surface area contributed by atoms with E-state index in [4.69, 9.17) is 24.1 Å². The Bertz CT molecular complexity index is 1590. The third-order valence-electron chi connectivity index (χ3n) is 12.1. The van der Waals surface area contributed by atoms with E-state index in [-0.39, 0.29) is 134 Å². The second kappa shape index (κ2) is 45.3. The monoisotopic (exact) mass is 1010 g/mol. The molecule has 0 radical (unpaired) electrons. The van der Waals surface area contributed by atoms with E-state index in [1.54, 1.807) is 6.20 Å². The lowest BCUT2D eigenvalue weighted by molar-refractivity contribution is -0.144. The Hall–Kier alpha value is -4.59. The Balaban J connectivity index is 1.91. The van der Waals surface area contributed by atoms with Gasteiger partial charge in [0, 0.05) is 69.9 Å². The van der Waals surface area contributed by atoms with Gasteiger partial charge < -0.3 is 49.9 Å². The summed E-state index contributed by atoms with van der Waals surface area (Å²) in [5.74, 6) is -5.29. The number of Topliss-reactive ketones (excluding diaryl/α,β-unsaturated/α-hetero) is 3. The number of ether oxygens (including phenoxy) is 4. The van der Waals surface area contributed by atoms with Crippen molar-refractivity contribution in [1.82, 2.24) is 20.6 Å². The molecule has 0 spiro atoms. The number of unbranched alkanes of at least 4 members (excludes halogenated alkanes) is 17. The molecule has 0 aliphatic rings. The number of aryl methyl sites for hydroxylation is 1. The van der Waals surface area contributed by atoms with E-state index in [0.29, 0.717) is 44.9 Å². The number of aromatic nitrogens is 2. The predicted molar refractivity (Wildman–Crippen MR) is 266 cm³/mol. The molecule has 6 N–H and O–H groups in total. The third-order valence-corrected chi connectivity index (χ3v) is 12.1. The maximum absolute atomic E-state index is 12.5. The fraction of sp³-hybridized carbons (Fsp3) is 0.788. The van der Waals surface area contributed by atoms with Crippen molar-refractivity contribution in [2.45, 2.75) is 186 Å². The first-order chi connectivity index (χ1) is 34.4. The van der Waals surface area contributed by atoms with E-state index in [0.717, 1.165) is 50.6 Å². The smallest absolute Gasteiger partial charge is 0.306 e. The Morgan fingerprint density at radius 1 is 0.465 bits per heavy atom. The molecule has 0 aromatic carbocycles. The molecule has 1 unspecified atom stereocenters. The minimum atomic E-state index is -1.08. The van der Waals surface area contributed by atoms with E-state index in [9.17, 15) is 48.6 Å². The molecule has 1 rings (SSSR count). The summed E-state index contributed by atoms with van der Waals surface area (Å²) < 4.78 is 21.5. The number of amides is 2. The summed E-state index contributed by atoms with van der Waals surface area (Å²) in [6, 6.07) is 0. The molecule has 2 amide bonds. The van der Waals surface area contributed by atoms with E-state index >= 15 is 0 Å². The van der Waals surface area contributed by atoms with Gasteiger partial charge in [-0.25, -0.2) is 4.98 Å². The van der Waals surface area contributed by atoms with Crippen LogP contribution in [0.4, 0.5) is 0 Å². The number of nitrogens with zero attached hydrogens (tertiary/aromatic N) is 1. The fourth-order valence-corrected chi connectivity index (χ4v) is 7.87. The van der Waals surface area contributed by atoms with E-state index in [1.165, 1.54) is 64.1 Å². The van der Waals surface area contributed by atoms with E-state index in [1.807, 2.05) is 0 Å². The molecule has 0 saturated carbocycles. The quantitative estimate of drug-likeness (QED) is 0.0347. The average molecular weight is 1010 g/mol. The highest BCUT2D eigenvalue weighted by atomic mass is 16.5. The number of carboxylic acids is 3. The van der Waals surface area contributed by atoms with Gasteiger partial charge in [0.25, 0.3) is 0 Å². The zero-order valence-corrected chi connectivity index (χ0v) is 42.6. The molecule has 0 aliphatic carbocycles. The molecule has 1 aromatic heterocycles. The molecule has 2 atom stereocenters. The SMILES string of the molecule is O=C(O)CCCCCCCCCCCCCCCCCCC(=O)CC(CCC(=O)NCCOCCOCC(=O)NCCOCCOCC(=O)CCCCC[C@H](CC(=O)CCc1cnc[nH]1)C(=O)O)C(=O)O. The van der Waals surface area contributed by atoms with Gasteiger partial charge in [0.05, 0.1) is 57.8 Å². The first-order valence-corrected chi connectivity index (χ1v) is 26.4. The highest BCUT2D eigenvalue weighted by molar-refractivity contribution is 5.85. The van der Waals surface area contributed by atoms with Gasteiger partial charge >= 0.3 is 17.9 Å². The van der Waals surface area contributed by atoms with Crippen LogP contribution in [0, 0.1) is 11.8 Å². The van der Waals surface area contributed by atoms with Gasteiger partial charge in [-0.3, -0.25) is 38.4 Å². The molecule has 1 aromatic rings. The number of carboxylic acid groups (broad SMARTS) is 3. The predicted octanol–water partition coefficient (Wildman–Crippen LogP) is 7.37. The topological polar surface area (TPSA) is 287 Å². The van der Waals surface area contributed by atoms with Crippen LogP contribution in [0.15, 0.2) is 12.5 Å². The van der Waals surface area contributed by atoms with Crippen molar-refractivity contribution in [2.75, 3.05) is 65.9 Å². The summed E-state index contributed by atoms with van der Waals surface area (Å²) in [5, 5.41) is 33.1. The van der Waals surface area contributed by atoms with E-state index < -0.39 is 29.7 Å². The molecule has 71 heavy (non-hydrogen) atoms. The van der Waals surface area contributed by atoms with Gasteiger partial charge in [-0.05, 0) is 38.5 Å². The van der Waals surface area contributed by atoms with Crippen LogP contribution in [0.25, 0.3) is 0 Å². The van der Waals surface area contributed by atoms with Crippen molar-refractivity contribution in [3.05, 3.63) is 18.2 Å². The molecule has 406 valence electrons. The molecule has 19 heteroatoms. The summed E-state index contributed by atoms with van der Waals surface area (Å²) in [6.45, 7) is 1.52. The highest BCUT2D eigenvalue weighted by Crippen LogP contribution is 2.19. The van der Waals surface area contributed by atoms with Crippen molar-refractivity contribution >= 4 is 47.1 Å². The molecule has 1 heterocycles. The lowest BCUT2D eigenvalue weighted by atomic mass is 9.94. The summed E-state index contributed by atoms with van der Waals surface area (Å²) in [7, 11) is 0. The lowest BCUT2D eigenvalue weighted by Crippen LogP contribution is -2.31. The van der Waals surface area contributed by atoms with Crippen molar-refractivity contribution in [2.24, 2.45) is 11.8 Å². The standard InChI is InChI=1S/C52H88N4O15/c57-45(21-17-13-11-9-7-5-3-1-2-4-6-8-10-12-14-19-23-50(62)63)37-43(52(66)67)24-27-48(60)54-28-30-68-33-35-71-40-49(61)55-29-31-69-32-34-70-39-47(59)22-18-15-16-20-42(51(64)65)36-46(58)26-25-44-38-53-41-56-44/h38,41-43H,1-37,39-40H2,(H,53,56)(H,54,60)(H,55,61)(H,62,63)(H,64,65)(H,66,67)/t42-,43?/m1/s1. The average Bonchev–Trinajstić information content (AvgIpc) is 3.86. The number of rotatable bonds is 53. The summed E-state index contributed by atoms with van der Waals surface area (Å²) in [4.78, 5) is 102. The number of carbonyl (C=O) groups is 8. The number of ketones is 3. The molecular formula is C52H88N4O15. The van der Waals surface area contributed by atoms with Crippen LogP contribution in [-0.2, 0) is 63.7 Å². The Kier molecular flexibility index (Phi) is 41.1. The van der Waals surface area contributed by atoms with E-state index in [2.05, 4.69) is 20.6 Å². The molecule has 0 bridgehead atoms. The number of nitrogens with one attached hydrogen (secondary N) is 3. The van der Waals surface area contributed by atoms with Crippen LogP contribution in [0.1, 0.15) is 185 Å². The van der Waals surface area contributed by atoms with Crippen LogP contribution in [0.5, 0.6) is 0 Å². The second-order valence-corrected chi connectivity index (χ2v) is 18.4. The largest absolute Gasteiger partial charge is 0.481 e. The van der Waals surface area contributed by atoms with Crippen molar-refractivity contribution < 1.29 is 72.6 Å². The molecule has 0 fully saturated rings. The van der Waals surface area contributed by atoms with Gasteiger partial charge in [-0.2, -0.15) is 0 Å². The minimum Gasteiger partial charge on any atom is -0.481 e. The lowest BCUT2D eigenvalue weighted by Gasteiger charge is -2.12. The fourth-order valence-electron chi connectivity index (χ4n) is 7.87. The zero-order valence-electron chi connectivity index (χ0n) is 42.6. The molecular weight excluding hydrogens is 921 g/mol. The number of aliphatic carboxylic acids is 3. The van der Waals surface area contributed by atoms with Gasteiger partial charge in [0.2, 0.25) is 11.8 Å². The highest BCUT2D eigenvalue weighted by Gasteiger charge is 2.23. The van der Waals surface area contributed by atoms with Crippen LogP contribution < -0.4 is 10.6 Å². The van der Waals surface area contributed by atoms with Crippen molar-refractivity contribution in [3.8, 4) is 0 Å². The maximum atomic E-state index is 12.5. The second-order valence-electron chi connectivity index (χ2n) is 18.4. The van der Waals surface area contributed by atoms with Crippen LogP contribution in [0.2, 0.25) is 0 Å². The molecule has 0 saturated heterocycles.